The molecule has 0 radical (unpaired) electrons. The number of hydrogen-bond donors (Lipinski definition) is 0. The van der Waals surface area contributed by atoms with Crippen LogP contribution in [0, 0.1) is 0 Å². The van der Waals surface area contributed by atoms with Crippen LogP contribution >= 0.6 is 0 Å². The predicted molar refractivity (Wildman–Crippen MR) is 84.3 cm³/mol. The Morgan fingerprint density at radius 2 is 1.57 bits per heavy atom. The minimum Gasteiger partial charge on any atom is -0.462 e. The fraction of sp³-hybridized carbons (Fsp3) is 0.105. The summed E-state index contributed by atoms with van der Waals surface area (Å²) in [6.07, 6.45) is 0. The average Bonchev–Trinajstić information content (AvgIpc) is 2.85. The topological polar surface area (TPSA) is 26.3 Å². The summed E-state index contributed by atoms with van der Waals surface area (Å²) < 4.78 is 5.21. The van der Waals surface area contributed by atoms with Crippen molar-refractivity contribution in [3.05, 3.63) is 60.2 Å². The normalized spacial score (nSPS) is 11.5. The first-order valence-corrected chi connectivity index (χ1v) is 7.14. The van der Waals surface area contributed by atoms with Crippen LogP contribution in [0.2, 0.25) is 0 Å². The molecule has 0 N–H and O–H groups in total. The molecule has 3 aromatic carbocycles. The molecule has 0 saturated heterocycles. The van der Waals surface area contributed by atoms with Crippen LogP contribution in [0.4, 0.5) is 0 Å². The van der Waals surface area contributed by atoms with Gasteiger partial charge in [-0.3, -0.25) is 0 Å². The summed E-state index contributed by atoms with van der Waals surface area (Å²) in [5.41, 5.74) is 5.10. The molecule has 3 aromatic rings. The van der Waals surface area contributed by atoms with Crippen molar-refractivity contribution in [2.45, 2.75) is 6.92 Å². The van der Waals surface area contributed by atoms with Crippen LogP contribution < -0.4 is 0 Å². The zero-order chi connectivity index (χ0) is 14.4. The Labute approximate surface area is 123 Å². The standard InChI is InChI=1S/C19H14O2/c1-2-21-19(20)16-11-5-9-14-13-8-3-6-12-7-4-10-15(17(12)13)18(14)16/h3-11H,2H2,1H3. The van der Waals surface area contributed by atoms with Gasteiger partial charge in [-0.05, 0) is 40.5 Å². The molecule has 0 atom stereocenters. The van der Waals surface area contributed by atoms with Crippen molar-refractivity contribution in [3.63, 3.8) is 0 Å². The Bertz CT molecular complexity index is 873. The van der Waals surface area contributed by atoms with E-state index >= 15 is 0 Å². The number of benzene rings is 3. The first kappa shape index (κ1) is 12.2. The van der Waals surface area contributed by atoms with Gasteiger partial charge in [-0.1, -0.05) is 48.5 Å². The van der Waals surface area contributed by atoms with Gasteiger partial charge in [0.1, 0.15) is 0 Å². The molecule has 0 bridgehead atoms. The summed E-state index contributed by atoms with van der Waals surface area (Å²) in [6, 6.07) is 18.4. The van der Waals surface area contributed by atoms with E-state index in [0.29, 0.717) is 12.2 Å². The summed E-state index contributed by atoms with van der Waals surface area (Å²) in [6.45, 7) is 2.22. The molecule has 0 aromatic heterocycles. The van der Waals surface area contributed by atoms with Crippen LogP contribution in [-0.4, -0.2) is 12.6 Å². The summed E-state index contributed by atoms with van der Waals surface area (Å²) in [5, 5.41) is 2.43. The Hall–Kier alpha value is -2.61. The van der Waals surface area contributed by atoms with Gasteiger partial charge in [-0.2, -0.15) is 0 Å². The molecule has 4 rings (SSSR count). The quantitative estimate of drug-likeness (QED) is 0.497. The summed E-state index contributed by atoms with van der Waals surface area (Å²) in [5.74, 6) is -0.251. The zero-order valence-corrected chi connectivity index (χ0v) is 11.7. The number of ether oxygens (including phenoxy) is 1. The number of rotatable bonds is 2. The second-order valence-corrected chi connectivity index (χ2v) is 5.16. The van der Waals surface area contributed by atoms with E-state index in [1.54, 1.807) is 0 Å². The largest absolute Gasteiger partial charge is 0.462 e. The third kappa shape index (κ3) is 1.62. The number of carbonyl (C=O) groups excluding carboxylic acids is 1. The van der Waals surface area contributed by atoms with Gasteiger partial charge < -0.3 is 4.74 Å². The molecular formula is C19H14O2. The highest BCUT2D eigenvalue weighted by Crippen LogP contribution is 2.48. The molecule has 0 heterocycles. The summed E-state index contributed by atoms with van der Waals surface area (Å²) in [4.78, 5) is 12.3. The average molecular weight is 274 g/mol. The van der Waals surface area contributed by atoms with Crippen molar-refractivity contribution in [2.75, 3.05) is 6.61 Å². The highest BCUT2D eigenvalue weighted by Gasteiger charge is 2.26. The van der Waals surface area contributed by atoms with E-state index in [-0.39, 0.29) is 5.97 Å². The fourth-order valence-electron chi connectivity index (χ4n) is 3.22. The van der Waals surface area contributed by atoms with Crippen molar-refractivity contribution < 1.29 is 9.53 Å². The Morgan fingerprint density at radius 1 is 0.905 bits per heavy atom. The van der Waals surface area contributed by atoms with E-state index in [1.807, 2.05) is 25.1 Å². The predicted octanol–water partition coefficient (Wildman–Crippen LogP) is 4.66. The van der Waals surface area contributed by atoms with Crippen LogP contribution in [0.5, 0.6) is 0 Å². The van der Waals surface area contributed by atoms with Crippen molar-refractivity contribution in [1.29, 1.82) is 0 Å². The van der Waals surface area contributed by atoms with Gasteiger partial charge in [0.2, 0.25) is 0 Å². The molecule has 0 fully saturated rings. The smallest absolute Gasteiger partial charge is 0.338 e. The number of hydrogen-bond acceptors (Lipinski definition) is 2. The molecular weight excluding hydrogens is 260 g/mol. The second kappa shape index (κ2) is 4.45. The molecule has 2 nitrogen and oxygen atoms in total. The second-order valence-electron chi connectivity index (χ2n) is 5.16. The lowest BCUT2D eigenvalue weighted by Gasteiger charge is -2.09. The van der Waals surface area contributed by atoms with Crippen LogP contribution in [0.1, 0.15) is 17.3 Å². The Kier molecular flexibility index (Phi) is 2.58. The van der Waals surface area contributed by atoms with E-state index in [4.69, 9.17) is 4.74 Å². The van der Waals surface area contributed by atoms with Crippen LogP contribution in [0.25, 0.3) is 33.0 Å². The number of fused-ring (bicyclic) bond motifs is 3. The molecule has 1 aliphatic carbocycles. The fourth-order valence-corrected chi connectivity index (χ4v) is 3.22. The number of carbonyl (C=O) groups is 1. The maximum atomic E-state index is 12.3. The zero-order valence-electron chi connectivity index (χ0n) is 11.7. The molecule has 0 amide bonds. The van der Waals surface area contributed by atoms with Crippen molar-refractivity contribution in [2.24, 2.45) is 0 Å². The Balaban J connectivity index is 2.07. The summed E-state index contributed by atoms with van der Waals surface area (Å²) in [7, 11) is 0. The molecule has 1 aliphatic rings. The minimum atomic E-state index is -0.251. The lowest BCUT2D eigenvalue weighted by molar-refractivity contribution is 0.0527. The minimum absolute atomic E-state index is 0.251. The van der Waals surface area contributed by atoms with E-state index in [0.717, 1.165) is 16.7 Å². The number of esters is 1. The molecule has 0 unspecified atom stereocenters. The van der Waals surface area contributed by atoms with Gasteiger partial charge in [0.25, 0.3) is 0 Å². The lowest BCUT2D eigenvalue weighted by Crippen LogP contribution is -2.06. The van der Waals surface area contributed by atoms with E-state index < -0.39 is 0 Å². The van der Waals surface area contributed by atoms with Crippen molar-refractivity contribution in [1.82, 2.24) is 0 Å². The van der Waals surface area contributed by atoms with Gasteiger partial charge in [0.05, 0.1) is 12.2 Å². The summed E-state index contributed by atoms with van der Waals surface area (Å²) >= 11 is 0. The monoisotopic (exact) mass is 274 g/mol. The van der Waals surface area contributed by atoms with Crippen LogP contribution in [0.15, 0.2) is 54.6 Å². The highest BCUT2D eigenvalue weighted by molar-refractivity contribution is 6.18. The van der Waals surface area contributed by atoms with Crippen LogP contribution in [0.3, 0.4) is 0 Å². The van der Waals surface area contributed by atoms with E-state index in [9.17, 15) is 4.79 Å². The van der Waals surface area contributed by atoms with Gasteiger partial charge in [-0.15, -0.1) is 0 Å². The first-order chi connectivity index (χ1) is 10.3. The molecule has 0 aliphatic heterocycles. The van der Waals surface area contributed by atoms with Gasteiger partial charge >= 0.3 is 5.97 Å². The molecule has 0 spiro atoms. The van der Waals surface area contributed by atoms with Crippen molar-refractivity contribution in [3.8, 4) is 22.3 Å². The molecule has 102 valence electrons. The van der Waals surface area contributed by atoms with Gasteiger partial charge in [0, 0.05) is 5.56 Å². The van der Waals surface area contributed by atoms with Crippen LogP contribution in [-0.2, 0) is 4.74 Å². The van der Waals surface area contributed by atoms with Crippen molar-refractivity contribution >= 4 is 16.7 Å². The highest BCUT2D eigenvalue weighted by atomic mass is 16.5. The van der Waals surface area contributed by atoms with Gasteiger partial charge in [-0.25, -0.2) is 4.79 Å². The Morgan fingerprint density at radius 3 is 2.33 bits per heavy atom. The molecule has 2 heteroatoms. The molecule has 0 saturated carbocycles. The third-order valence-corrected chi connectivity index (χ3v) is 4.02. The maximum Gasteiger partial charge on any atom is 0.338 e. The van der Waals surface area contributed by atoms with E-state index in [1.165, 1.54) is 16.3 Å². The SMILES string of the molecule is CCOC(=O)c1cccc2c1-c1cccc3cccc-2c13. The van der Waals surface area contributed by atoms with Gasteiger partial charge in [0.15, 0.2) is 0 Å². The lowest BCUT2D eigenvalue weighted by atomic mass is 9.98. The first-order valence-electron chi connectivity index (χ1n) is 7.14. The third-order valence-electron chi connectivity index (χ3n) is 4.02. The maximum absolute atomic E-state index is 12.3. The molecule has 21 heavy (non-hydrogen) atoms. The van der Waals surface area contributed by atoms with E-state index in [2.05, 4.69) is 36.4 Å².